The van der Waals surface area contributed by atoms with Crippen LogP contribution in [0.1, 0.15) is 43.7 Å². The average Bonchev–Trinajstić information content (AvgIpc) is 3.09. The Kier molecular flexibility index (Phi) is 3.55. The molecule has 4 rings (SSSR count). The number of nitrogens with zero attached hydrogens (tertiary/aromatic N) is 2. The second-order valence-corrected chi connectivity index (χ2v) is 6.91. The Bertz CT molecular complexity index is 682. The highest BCUT2D eigenvalue weighted by Gasteiger charge is 2.53. The first-order valence-electron chi connectivity index (χ1n) is 8.59. The van der Waals surface area contributed by atoms with Crippen molar-refractivity contribution in [1.29, 1.82) is 0 Å². The largest absolute Gasteiger partial charge is 0.334 e. The minimum Gasteiger partial charge on any atom is -0.334 e. The fourth-order valence-corrected chi connectivity index (χ4v) is 4.07. The van der Waals surface area contributed by atoms with E-state index in [0.717, 1.165) is 29.7 Å². The van der Waals surface area contributed by atoms with Gasteiger partial charge >= 0.3 is 6.03 Å². The van der Waals surface area contributed by atoms with Gasteiger partial charge in [0.05, 0.1) is 6.04 Å². The highest BCUT2D eigenvalue weighted by Crippen LogP contribution is 2.36. The van der Waals surface area contributed by atoms with Crippen LogP contribution in [0.15, 0.2) is 30.3 Å². The van der Waals surface area contributed by atoms with Gasteiger partial charge in [0.15, 0.2) is 0 Å². The lowest BCUT2D eigenvalue weighted by Gasteiger charge is -2.41. The number of amides is 4. The third-order valence-electron chi connectivity index (χ3n) is 5.52. The molecule has 3 aliphatic rings. The molecule has 1 N–H and O–H groups in total. The predicted molar refractivity (Wildman–Crippen MR) is 87.0 cm³/mol. The van der Waals surface area contributed by atoms with Crippen LogP contribution in [0.4, 0.5) is 4.79 Å². The standard InChI is InChI=1S/C18H21N3O3/c22-15(20-11-8-14(20)13-6-2-1-3-7-13)12-21-16(23)18(19-17(21)24)9-4-5-10-18/h1-3,6-7,14H,4-5,8-12H2,(H,19,24)/t14-/m1/s1. The van der Waals surface area contributed by atoms with Crippen molar-refractivity contribution >= 4 is 17.8 Å². The van der Waals surface area contributed by atoms with E-state index in [1.54, 1.807) is 4.90 Å². The molecule has 0 bridgehead atoms. The maximum atomic E-state index is 12.6. The molecule has 2 heterocycles. The lowest BCUT2D eigenvalue weighted by molar-refractivity contribution is -0.144. The number of nitrogens with one attached hydrogen (secondary N) is 1. The summed E-state index contributed by atoms with van der Waals surface area (Å²) in [5.41, 5.74) is 0.354. The molecular weight excluding hydrogens is 306 g/mol. The van der Waals surface area contributed by atoms with Gasteiger partial charge in [-0.2, -0.15) is 0 Å². The van der Waals surface area contributed by atoms with Crippen LogP contribution < -0.4 is 5.32 Å². The normalized spacial score (nSPS) is 25.1. The van der Waals surface area contributed by atoms with Gasteiger partial charge in [-0.25, -0.2) is 4.79 Å². The van der Waals surface area contributed by atoms with Gasteiger partial charge < -0.3 is 10.2 Å². The Hall–Kier alpha value is -2.37. The molecule has 0 radical (unpaired) electrons. The minimum atomic E-state index is -0.745. The molecule has 24 heavy (non-hydrogen) atoms. The van der Waals surface area contributed by atoms with E-state index in [2.05, 4.69) is 5.32 Å². The first kappa shape index (κ1) is 15.2. The molecule has 3 fully saturated rings. The van der Waals surface area contributed by atoms with E-state index in [1.165, 1.54) is 0 Å². The van der Waals surface area contributed by atoms with Crippen molar-refractivity contribution in [3.8, 4) is 0 Å². The van der Waals surface area contributed by atoms with Crippen molar-refractivity contribution in [1.82, 2.24) is 15.1 Å². The average molecular weight is 327 g/mol. The number of hydrogen-bond donors (Lipinski definition) is 1. The fourth-order valence-electron chi connectivity index (χ4n) is 4.07. The Labute approximate surface area is 140 Å². The monoisotopic (exact) mass is 327 g/mol. The summed E-state index contributed by atoms with van der Waals surface area (Å²) in [6.07, 6.45) is 4.16. The Morgan fingerprint density at radius 2 is 1.88 bits per heavy atom. The van der Waals surface area contributed by atoms with Crippen LogP contribution in [-0.4, -0.2) is 46.3 Å². The second-order valence-electron chi connectivity index (χ2n) is 6.91. The van der Waals surface area contributed by atoms with Crippen LogP contribution >= 0.6 is 0 Å². The van der Waals surface area contributed by atoms with Gasteiger partial charge in [-0.3, -0.25) is 14.5 Å². The second kappa shape index (κ2) is 5.61. The molecule has 1 aliphatic carbocycles. The molecule has 1 aromatic rings. The SMILES string of the molecule is O=C1NC2(CCCC2)C(=O)N1CC(=O)N1CC[C@@H]1c1ccccc1. The Balaban J connectivity index is 1.45. The molecule has 2 aliphatic heterocycles. The van der Waals surface area contributed by atoms with E-state index in [0.29, 0.717) is 19.4 Å². The van der Waals surface area contributed by atoms with Gasteiger partial charge in [-0.1, -0.05) is 43.2 Å². The zero-order chi connectivity index (χ0) is 16.7. The summed E-state index contributed by atoms with van der Waals surface area (Å²) in [7, 11) is 0. The molecule has 4 amide bonds. The van der Waals surface area contributed by atoms with Crippen LogP contribution in [0.2, 0.25) is 0 Å². The number of rotatable bonds is 3. The van der Waals surface area contributed by atoms with E-state index in [1.807, 2.05) is 30.3 Å². The van der Waals surface area contributed by atoms with E-state index >= 15 is 0 Å². The van der Waals surface area contributed by atoms with Crippen LogP contribution in [0.25, 0.3) is 0 Å². The molecule has 126 valence electrons. The summed E-state index contributed by atoms with van der Waals surface area (Å²) in [6.45, 7) is 0.517. The van der Waals surface area contributed by atoms with Crippen molar-refractivity contribution in [3.05, 3.63) is 35.9 Å². The molecule has 1 spiro atoms. The third kappa shape index (κ3) is 2.28. The smallest absolute Gasteiger partial charge is 0.325 e. The number of urea groups is 1. The van der Waals surface area contributed by atoms with Gasteiger partial charge in [0, 0.05) is 6.54 Å². The first-order valence-corrected chi connectivity index (χ1v) is 8.59. The van der Waals surface area contributed by atoms with Crippen molar-refractivity contribution in [2.24, 2.45) is 0 Å². The molecule has 0 aromatic heterocycles. The van der Waals surface area contributed by atoms with Crippen molar-refractivity contribution in [3.63, 3.8) is 0 Å². The number of carbonyl (C=O) groups is 3. The van der Waals surface area contributed by atoms with Gasteiger partial charge in [-0.15, -0.1) is 0 Å². The summed E-state index contributed by atoms with van der Waals surface area (Å²) in [5, 5.41) is 2.82. The summed E-state index contributed by atoms with van der Waals surface area (Å²) in [6, 6.07) is 9.50. The van der Waals surface area contributed by atoms with Crippen molar-refractivity contribution in [2.45, 2.75) is 43.7 Å². The summed E-state index contributed by atoms with van der Waals surface area (Å²) < 4.78 is 0. The topological polar surface area (TPSA) is 69.7 Å². The van der Waals surface area contributed by atoms with Crippen LogP contribution in [0.3, 0.4) is 0 Å². The quantitative estimate of drug-likeness (QED) is 0.861. The Morgan fingerprint density at radius 3 is 2.50 bits per heavy atom. The molecular formula is C18H21N3O3. The molecule has 2 saturated heterocycles. The van der Waals surface area contributed by atoms with E-state index in [-0.39, 0.29) is 24.4 Å². The van der Waals surface area contributed by atoms with E-state index < -0.39 is 11.6 Å². The molecule has 1 atom stereocenters. The summed E-state index contributed by atoms with van der Waals surface area (Å²) >= 11 is 0. The van der Waals surface area contributed by atoms with E-state index in [9.17, 15) is 14.4 Å². The fraction of sp³-hybridized carbons (Fsp3) is 0.500. The summed E-state index contributed by atoms with van der Waals surface area (Å²) in [5.74, 6) is -0.385. The van der Waals surface area contributed by atoms with Crippen LogP contribution in [0.5, 0.6) is 0 Å². The van der Waals surface area contributed by atoms with Gasteiger partial charge in [-0.05, 0) is 24.8 Å². The molecule has 1 saturated carbocycles. The molecule has 6 heteroatoms. The highest BCUT2D eigenvalue weighted by atomic mass is 16.2. The Morgan fingerprint density at radius 1 is 1.17 bits per heavy atom. The third-order valence-corrected chi connectivity index (χ3v) is 5.52. The van der Waals surface area contributed by atoms with Gasteiger partial charge in [0.25, 0.3) is 5.91 Å². The number of benzene rings is 1. The predicted octanol–water partition coefficient (Wildman–Crippen LogP) is 1.82. The number of carbonyl (C=O) groups excluding carboxylic acids is 3. The van der Waals surface area contributed by atoms with Gasteiger partial charge in [0.2, 0.25) is 5.91 Å². The van der Waals surface area contributed by atoms with E-state index in [4.69, 9.17) is 0 Å². The molecule has 6 nitrogen and oxygen atoms in total. The maximum absolute atomic E-state index is 12.6. The molecule has 0 unspecified atom stereocenters. The minimum absolute atomic E-state index is 0.0555. The first-order chi connectivity index (χ1) is 11.6. The van der Waals surface area contributed by atoms with Crippen molar-refractivity contribution in [2.75, 3.05) is 13.1 Å². The van der Waals surface area contributed by atoms with Crippen LogP contribution in [0, 0.1) is 0 Å². The lowest BCUT2D eigenvalue weighted by atomic mass is 9.94. The highest BCUT2D eigenvalue weighted by molar-refractivity contribution is 6.09. The van der Waals surface area contributed by atoms with Crippen molar-refractivity contribution < 1.29 is 14.4 Å². The number of likely N-dealkylation sites (tertiary alicyclic amines) is 1. The zero-order valence-electron chi connectivity index (χ0n) is 13.5. The number of imide groups is 1. The maximum Gasteiger partial charge on any atom is 0.325 e. The molecule has 1 aromatic carbocycles. The van der Waals surface area contributed by atoms with Gasteiger partial charge in [0.1, 0.15) is 12.1 Å². The summed E-state index contributed by atoms with van der Waals surface area (Å²) in [4.78, 5) is 40.3. The zero-order valence-corrected chi connectivity index (χ0v) is 13.5. The lowest BCUT2D eigenvalue weighted by Crippen LogP contribution is -2.51. The number of hydrogen-bond acceptors (Lipinski definition) is 3. The van der Waals surface area contributed by atoms with Crippen LogP contribution in [-0.2, 0) is 9.59 Å².